The fraction of sp³-hybridized carbons (Fsp3) is 0.455. The smallest absolute Gasteiger partial charge is 0.303 e. The largest absolute Gasteiger partial charge is 0.481 e. The Bertz CT molecular complexity index is 674. The molecule has 5 nitrogen and oxygen atoms in total. The molecule has 2 N–H and O–H groups in total. The lowest BCUT2D eigenvalue weighted by Gasteiger charge is -2.33. The number of likely N-dealkylation sites (tertiary alicyclic amines) is 1. The minimum atomic E-state index is -0.784. The van der Waals surface area contributed by atoms with Crippen molar-refractivity contribution in [1.29, 1.82) is 0 Å². The third kappa shape index (κ3) is 8.31. The highest BCUT2D eigenvalue weighted by atomic mass is 32.2. The number of aliphatic hydroxyl groups is 1. The Morgan fingerprint density at radius 3 is 2.82 bits per heavy atom. The molecule has 1 fully saturated rings. The van der Waals surface area contributed by atoms with E-state index in [1.807, 2.05) is 53.5 Å². The molecule has 1 aromatic carbocycles. The van der Waals surface area contributed by atoms with Gasteiger partial charge in [0.05, 0.1) is 6.04 Å². The maximum atomic E-state index is 12.3. The van der Waals surface area contributed by atoms with Crippen LogP contribution in [0.25, 0.3) is 0 Å². The molecular weight excluding hydrogens is 374 g/mol. The summed E-state index contributed by atoms with van der Waals surface area (Å²) in [5, 5.41) is 18.9. The number of carboxylic acid groups (broad SMARTS) is 1. The SMILES string of the molecule is O=C(O)CCCC=CCN1C(=O)CCC[C@@H]1C=CC(O)SCc1ccccc1. The average Bonchev–Trinajstić information content (AvgIpc) is 2.69. The molecule has 1 heterocycles. The first-order chi connectivity index (χ1) is 13.6. The lowest BCUT2D eigenvalue weighted by molar-refractivity contribution is -0.137. The molecular formula is C22H29NO4S. The second-order valence-corrected chi connectivity index (χ2v) is 7.94. The highest BCUT2D eigenvalue weighted by molar-refractivity contribution is 7.99. The number of aliphatic carboxylic acids is 1. The van der Waals surface area contributed by atoms with E-state index in [1.54, 1.807) is 6.08 Å². The second-order valence-electron chi connectivity index (χ2n) is 6.84. The number of hydrogen-bond donors (Lipinski definition) is 2. The van der Waals surface area contributed by atoms with E-state index >= 15 is 0 Å². The summed E-state index contributed by atoms with van der Waals surface area (Å²) in [5.74, 6) is 0.0784. The van der Waals surface area contributed by atoms with Crippen molar-refractivity contribution in [3.8, 4) is 0 Å². The lowest BCUT2D eigenvalue weighted by Crippen LogP contribution is -2.42. The monoisotopic (exact) mass is 403 g/mol. The molecule has 2 rings (SSSR count). The molecule has 2 atom stereocenters. The van der Waals surface area contributed by atoms with Crippen molar-refractivity contribution in [2.24, 2.45) is 0 Å². The van der Waals surface area contributed by atoms with Gasteiger partial charge in [-0.25, -0.2) is 0 Å². The molecule has 152 valence electrons. The second kappa shape index (κ2) is 12.4. The van der Waals surface area contributed by atoms with Crippen LogP contribution in [0.3, 0.4) is 0 Å². The predicted molar refractivity (Wildman–Crippen MR) is 113 cm³/mol. The summed E-state index contributed by atoms with van der Waals surface area (Å²) in [5.41, 5.74) is 0.563. The fourth-order valence-corrected chi connectivity index (χ4v) is 3.85. The number of rotatable bonds is 11. The molecule has 0 spiro atoms. The molecule has 28 heavy (non-hydrogen) atoms. The number of allylic oxidation sites excluding steroid dienone is 1. The number of carbonyl (C=O) groups excluding carboxylic acids is 1. The van der Waals surface area contributed by atoms with E-state index in [0.29, 0.717) is 25.8 Å². The van der Waals surface area contributed by atoms with Gasteiger partial charge in [-0.15, -0.1) is 11.8 Å². The molecule has 0 aliphatic carbocycles. The first kappa shape index (κ1) is 22.2. The quantitative estimate of drug-likeness (QED) is 0.332. The van der Waals surface area contributed by atoms with Crippen molar-refractivity contribution >= 4 is 23.6 Å². The van der Waals surface area contributed by atoms with Crippen LogP contribution in [0, 0.1) is 0 Å². The number of benzene rings is 1. The van der Waals surface area contributed by atoms with E-state index in [2.05, 4.69) is 0 Å². The summed E-state index contributed by atoms with van der Waals surface area (Å²) in [7, 11) is 0. The normalized spacial score (nSPS) is 18.8. The number of hydrogen-bond acceptors (Lipinski definition) is 4. The molecule has 0 saturated carbocycles. The Kier molecular flexibility index (Phi) is 9.86. The molecule has 1 saturated heterocycles. The van der Waals surface area contributed by atoms with Crippen LogP contribution in [0.2, 0.25) is 0 Å². The Labute approximate surface area is 171 Å². The number of amides is 1. The minimum absolute atomic E-state index is 0.00288. The van der Waals surface area contributed by atoms with E-state index in [1.165, 1.54) is 17.3 Å². The first-order valence-corrected chi connectivity index (χ1v) is 10.8. The van der Waals surface area contributed by atoms with Crippen LogP contribution in [0.1, 0.15) is 44.1 Å². The van der Waals surface area contributed by atoms with Gasteiger partial charge < -0.3 is 15.1 Å². The van der Waals surface area contributed by atoms with E-state index < -0.39 is 11.4 Å². The van der Waals surface area contributed by atoms with Crippen molar-refractivity contribution < 1.29 is 19.8 Å². The third-order valence-electron chi connectivity index (χ3n) is 4.60. The summed E-state index contributed by atoms with van der Waals surface area (Å²) in [6.07, 6.45) is 11.4. The van der Waals surface area contributed by atoms with Crippen LogP contribution in [0.5, 0.6) is 0 Å². The van der Waals surface area contributed by atoms with Crippen molar-refractivity contribution in [3.63, 3.8) is 0 Å². The van der Waals surface area contributed by atoms with Crippen molar-refractivity contribution in [1.82, 2.24) is 4.90 Å². The average molecular weight is 404 g/mol. The summed E-state index contributed by atoms with van der Waals surface area (Å²) in [4.78, 5) is 24.6. The van der Waals surface area contributed by atoms with Gasteiger partial charge in [0.15, 0.2) is 0 Å². The number of carbonyl (C=O) groups is 2. The predicted octanol–water partition coefficient (Wildman–Crippen LogP) is 3.99. The van der Waals surface area contributed by atoms with Crippen LogP contribution < -0.4 is 0 Å². The van der Waals surface area contributed by atoms with Crippen molar-refractivity contribution in [3.05, 3.63) is 60.2 Å². The number of thioether (sulfide) groups is 1. The Morgan fingerprint density at radius 2 is 2.07 bits per heavy atom. The van der Waals surface area contributed by atoms with Crippen molar-refractivity contribution in [2.45, 2.75) is 55.8 Å². The third-order valence-corrected chi connectivity index (χ3v) is 5.60. The van der Waals surface area contributed by atoms with Gasteiger partial charge in [-0.3, -0.25) is 9.59 Å². The topological polar surface area (TPSA) is 77.8 Å². The number of piperidine rings is 1. The maximum absolute atomic E-state index is 12.3. The van der Waals surface area contributed by atoms with Gasteiger partial charge in [-0.05, 0) is 37.3 Å². The summed E-state index contributed by atoms with van der Waals surface area (Å²) >= 11 is 1.45. The van der Waals surface area contributed by atoms with Gasteiger partial charge >= 0.3 is 5.97 Å². The van der Waals surface area contributed by atoms with Gasteiger partial charge in [0.2, 0.25) is 5.91 Å². The van der Waals surface area contributed by atoms with Gasteiger partial charge in [-0.1, -0.05) is 48.6 Å². The van der Waals surface area contributed by atoms with Crippen LogP contribution in [0.15, 0.2) is 54.6 Å². The fourth-order valence-electron chi connectivity index (χ4n) is 3.10. The number of nitrogens with zero attached hydrogens (tertiary/aromatic N) is 1. The molecule has 0 aromatic heterocycles. The van der Waals surface area contributed by atoms with E-state index in [9.17, 15) is 14.7 Å². The molecule has 0 radical (unpaired) electrons. The molecule has 0 bridgehead atoms. The van der Waals surface area contributed by atoms with Gasteiger partial charge in [0.1, 0.15) is 5.44 Å². The Morgan fingerprint density at radius 1 is 1.29 bits per heavy atom. The zero-order valence-corrected chi connectivity index (χ0v) is 16.9. The summed E-state index contributed by atoms with van der Waals surface area (Å²) in [6, 6.07) is 10.0. The highest BCUT2D eigenvalue weighted by Crippen LogP contribution is 2.22. The van der Waals surface area contributed by atoms with Gasteiger partial charge in [0, 0.05) is 25.1 Å². The lowest BCUT2D eigenvalue weighted by atomic mass is 10.0. The maximum Gasteiger partial charge on any atom is 0.303 e. The van der Waals surface area contributed by atoms with Crippen LogP contribution >= 0.6 is 11.8 Å². The molecule has 1 unspecified atom stereocenters. The van der Waals surface area contributed by atoms with Gasteiger partial charge in [-0.2, -0.15) is 0 Å². The molecule has 1 aliphatic rings. The number of unbranched alkanes of at least 4 members (excludes halogenated alkanes) is 1. The van der Waals surface area contributed by atoms with Crippen LogP contribution in [-0.4, -0.2) is 45.0 Å². The van der Waals surface area contributed by atoms with Crippen molar-refractivity contribution in [2.75, 3.05) is 6.54 Å². The molecule has 1 amide bonds. The van der Waals surface area contributed by atoms with E-state index in [0.717, 1.165) is 18.6 Å². The zero-order chi connectivity index (χ0) is 20.2. The summed E-state index contributed by atoms with van der Waals surface area (Å²) in [6.45, 7) is 0.522. The Balaban J connectivity index is 1.81. The summed E-state index contributed by atoms with van der Waals surface area (Å²) < 4.78 is 0. The van der Waals surface area contributed by atoms with Gasteiger partial charge in [0.25, 0.3) is 0 Å². The molecule has 1 aliphatic heterocycles. The van der Waals surface area contributed by atoms with Crippen LogP contribution in [-0.2, 0) is 15.3 Å². The minimum Gasteiger partial charge on any atom is -0.481 e. The first-order valence-electron chi connectivity index (χ1n) is 9.74. The molecule has 1 aromatic rings. The highest BCUT2D eigenvalue weighted by Gasteiger charge is 2.25. The Hall–Kier alpha value is -2.05. The number of aliphatic hydroxyl groups excluding tert-OH is 1. The van der Waals surface area contributed by atoms with E-state index in [-0.39, 0.29) is 18.4 Å². The standard InChI is InChI=1S/C22H29NO4S/c24-20-12-8-11-19(23(20)16-7-2-1-6-13-21(25)26)14-15-22(27)28-17-18-9-4-3-5-10-18/h2-5,7,9-10,14-15,19,22,27H,1,6,8,11-13,16-17H2,(H,25,26)/t19-,22?/m1/s1. The van der Waals surface area contributed by atoms with Crippen LogP contribution in [0.4, 0.5) is 0 Å². The number of carboxylic acids is 1. The molecule has 6 heteroatoms. The van der Waals surface area contributed by atoms with E-state index in [4.69, 9.17) is 5.11 Å². The zero-order valence-electron chi connectivity index (χ0n) is 16.1.